The van der Waals surface area contributed by atoms with Crippen LogP contribution in [0.5, 0.6) is 0 Å². The van der Waals surface area contributed by atoms with Crippen LogP contribution < -0.4 is 5.32 Å². The molecule has 1 saturated heterocycles. The fraction of sp³-hybridized carbons (Fsp3) is 0.833. The summed E-state index contributed by atoms with van der Waals surface area (Å²) in [6.45, 7) is 5.19. The second-order valence-corrected chi connectivity index (χ2v) is 4.51. The molecule has 0 spiro atoms. The number of nitrogens with zero attached hydrogens (tertiary/aromatic N) is 2. The number of rotatable bonds is 5. The third-order valence-corrected chi connectivity index (χ3v) is 3.74. The van der Waals surface area contributed by atoms with Gasteiger partial charge in [0.2, 0.25) is 11.7 Å². The molecule has 0 saturated carbocycles. The lowest BCUT2D eigenvalue weighted by Crippen LogP contribution is -2.28. The lowest BCUT2D eigenvalue weighted by molar-refractivity contribution is -0.0306. The summed E-state index contributed by atoms with van der Waals surface area (Å²) in [6.07, 6.45) is 3.92. The van der Waals surface area contributed by atoms with E-state index in [2.05, 4.69) is 29.3 Å². The fourth-order valence-electron chi connectivity index (χ4n) is 2.40. The zero-order valence-electron chi connectivity index (χ0n) is 10.8. The van der Waals surface area contributed by atoms with E-state index in [1.807, 2.05) is 0 Å². The average Bonchev–Trinajstić information content (AvgIpc) is 3.03. The third-order valence-electron chi connectivity index (χ3n) is 3.74. The van der Waals surface area contributed by atoms with E-state index >= 15 is 0 Å². The minimum absolute atomic E-state index is 0.222. The maximum atomic E-state index is 5.59. The van der Waals surface area contributed by atoms with Crippen molar-refractivity contribution in [2.75, 3.05) is 13.7 Å². The molecule has 96 valence electrons. The standard InChI is InChI=1S/C12H21N3O2/c1-4-12(5-2,16-3)11-14-10(17-15-11)9-7-6-8-13-9/h9,13H,4-8H2,1-3H3. The molecular weight excluding hydrogens is 218 g/mol. The van der Waals surface area contributed by atoms with E-state index in [1.165, 1.54) is 6.42 Å². The summed E-state index contributed by atoms with van der Waals surface area (Å²) in [4.78, 5) is 4.51. The van der Waals surface area contributed by atoms with E-state index in [0.29, 0.717) is 11.7 Å². The van der Waals surface area contributed by atoms with Gasteiger partial charge in [0.1, 0.15) is 5.60 Å². The van der Waals surface area contributed by atoms with Crippen LogP contribution in [-0.2, 0) is 10.3 Å². The number of nitrogens with one attached hydrogen (secondary N) is 1. The van der Waals surface area contributed by atoms with Crippen molar-refractivity contribution in [3.8, 4) is 0 Å². The molecule has 1 aromatic heterocycles. The van der Waals surface area contributed by atoms with Crippen molar-refractivity contribution >= 4 is 0 Å². The molecule has 0 radical (unpaired) electrons. The molecule has 1 fully saturated rings. The van der Waals surface area contributed by atoms with Gasteiger partial charge < -0.3 is 14.6 Å². The normalized spacial score (nSPS) is 21.0. The predicted molar refractivity (Wildman–Crippen MR) is 63.5 cm³/mol. The molecule has 1 aliphatic rings. The van der Waals surface area contributed by atoms with Crippen molar-refractivity contribution < 1.29 is 9.26 Å². The van der Waals surface area contributed by atoms with Crippen LogP contribution in [0, 0.1) is 0 Å². The molecule has 0 amide bonds. The van der Waals surface area contributed by atoms with Crippen LogP contribution in [0.3, 0.4) is 0 Å². The molecule has 1 aliphatic heterocycles. The van der Waals surface area contributed by atoms with Gasteiger partial charge >= 0.3 is 0 Å². The minimum Gasteiger partial charge on any atom is -0.370 e. The van der Waals surface area contributed by atoms with Crippen molar-refractivity contribution in [2.45, 2.75) is 51.2 Å². The van der Waals surface area contributed by atoms with Crippen LogP contribution in [0.2, 0.25) is 0 Å². The number of hydrogen-bond donors (Lipinski definition) is 1. The Morgan fingerprint density at radius 1 is 1.47 bits per heavy atom. The molecule has 0 bridgehead atoms. The molecule has 0 aromatic carbocycles. The molecular formula is C12H21N3O2. The van der Waals surface area contributed by atoms with E-state index in [9.17, 15) is 0 Å². The third kappa shape index (κ3) is 2.21. The van der Waals surface area contributed by atoms with Gasteiger partial charge in [-0.15, -0.1) is 0 Å². The van der Waals surface area contributed by atoms with Gasteiger partial charge in [-0.25, -0.2) is 0 Å². The highest BCUT2D eigenvalue weighted by Gasteiger charge is 2.35. The Morgan fingerprint density at radius 2 is 2.24 bits per heavy atom. The SMILES string of the molecule is CCC(CC)(OC)c1noc(C2CCCN2)n1. The fourth-order valence-corrected chi connectivity index (χ4v) is 2.40. The predicted octanol–water partition coefficient (Wildman–Crippen LogP) is 2.16. The Morgan fingerprint density at radius 3 is 2.76 bits per heavy atom. The van der Waals surface area contributed by atoms with Gasteiger partial charge in [-0.05, 0) is 32.2 Å². The van der Waals surface area contributed by atoms with Crippen molar-refractivity contribution in [1.82, 2.24) is 15.5 Å². The summed E-state index contributed by atoms with van der Waals surface area (Å²) in [5, 5.41) is 7.45. The first-order chi connectivity index (χ1) is 8.25. The summed E-state index contributed by atoms with van der Waals surface area (Å²) >= 11 is 0. The minimum atomic E-state index is -0.402. The van der Waals surface area contributed by atoms with Crippen molar-refractivity contribution in [3.05, 3.63) is 11.7 Å². The van der Waals surface area contributed by atoms with Crippen molar-refractivity contribution in [1.29, 1.82) is 0 Å². The average molecular weight is 239 g/mol. The van der Waals surface area contributed by atoms with Gasteiger partial charge in [-0.2, -0.15) is 4.98 Å². The Bertz CT molecular complexity index is 346. The van der Waals surface area contributed by atoms with Crippen LogP contribution in [-0.4, -0.2) is 23.8 Å². The summed E-state index contributed by atoms with van der Waals surface area (Å²) in [6, 6.07) is 0.222. The van der Waals surface area contributed by atoms with Crippen LogP contribution >= 0.6 is 0 Å². The summed E-state index contributed by atoms with van der Waals surface area (Å²) in [5.74, 6) is 1.37. The van der Waals surface area contributed by atoms with Crippen molar-refractivity contribution in [2.24, 2.45) is 0 Å². The molecule has 2 rings (SSSR count). The van der Waals surface area contributed by atoms with Gasteiger partial charge in [0.05, 0.1) is 6.04 Å². The Kier molecular flexibility index (Phi) is 3.79. The molecule has 0 aliphatic carbocycles. The van der Waals surface area contributed by atoms with Gasteiger partial charge in [0, 0.05) is 7.11 Å². The number of methoxy groups -OCH3 is 1. The zero-order valence-corrected chi connectivity index (χ0v) is 10.8. The number of hydrogen-bond acceptors (Lipinski definition) is 5. The van der Waals surface area contributed by atoms with Gasteiger partial charge in [-0.3, -0.25) is 0 Å². The van der Waals surface area contributed by atoms with E-state index in [4.69, 9.17) is 9.26 Å². The van der Waals surface area contributed by atoms with Crippen molar-refractivity contribution in [3.63, 3.8) is 0 Å². The van der Waals surface area contributed by atoms with E-state index in [0.717, 1.165) is 25.8 Å². The number of ether oxygens (including phenoxy) is 1. The molecule has 17 heavy (non-hydrogen) atoms. The molecule has 1 N–H and O–H groups in total. The summed E-state index contributed by atoms with van der Waals surface area (Å²) in [7, 11) is 1.71. The Hall–Kier alpha value is -0.940. The maximum absolute atomic E-state index is 5.59. The number of aromatic nitrogens is 2. The molecule has 1 unspecified atom stereocenters. The molecule has 2 heterocycles. The smallest absolute Gasteiger partial charge is 0.243 e. The summed E-state index contributed by atoms with van der Waals surface area (Å²) in [5.41, 5.74) is -0.402. The van der Waals surface area contributed by atoms with Crippen LogP contribution in [0.4, 0.5) is 0 Å². The highest BCUT2D eigenvalue weighted by atomic mass is 16.5. The highest BCUT2D eigenvalue weighted by molar-refractivity contribution is 5.03. The molecule has 5 heteroatoms. The molecule has 1 aromatic rings. The van der Waals surface area contributed by atoms with Gasteiger partial charge in [0.15, 0.2) is 0 Å². The van der Waals surface area contributed by atoms with Crippen LogP contribution in [0.1, 0.15) is 57.3 Å². The molecule has 1 atom stereocenters. The van der Waals surface area contributed by atoms with E-state index in [1.54, 1.807) is 7.11 Å². The first-order valence-corrected chi connectivity index (χ1v) is 6.38. The molecule has 5 nitrogen and oxygen atoms in total. The van der Waals surface area contributed by atoms with E-state index < -0.39 is 5.60 Å². The van der Waals surface area contributed by atoms with Gasteiger partial charge in [0.25, 0.3) is 0 Å². The quantitative estimate of drug-likeness (QED) is 0.853. The topological polar surface area (TPSA) is 60.2 Å². The largest absolute Gasteiger partial charge is 0.370 e. The second-order valence-electron chi connectivity index (χ2n) is 4.51. The van der Waals surface area contributed by atoms with Crippen LogP contribution in [0.25, 0.3) is 0 Å². The first kappa shape index (κ1) is 12.5. The zero-order chi connectivity index (χ0) is 12.3. The first-order valence-electron chi connectivity index (χ1n) is 6.38. The van der Waals surface area contributed by atoms with E-state index in [-0.39, 0.29) is 6.04 Å². The Labute approximate surface area is 102 Å². The summed E-state index contributed by atoms with van der Waals surface area (Å²) < 4.78 is 10.9. The van der Waals surface area contributed by atoms with Gasteiger partial charge in [-0.1, -0.05) is 19.0 Å². The lowest BCUT2D eigenvalue weighted by atomic mass is 9.96. The lowest BCUT2D eigenvalue weighted by Gasteiger charge is -2.25. The highest BCUT2D eigenvalue weighted by Crippen LogP contribution is 2.31. The maximum Gasteiger partial charge on any atom is 0.243 e. The second kappa shape index (κ2) is 5.14. The Balaban J connectivity index is 2.21. The van der Waals surface area contributed by atoms with Crippen LogP contribution in [0.15, 0.2) is 4.52 Å². The monoisotopic (exact) mass is 239 g/mol.